The summed E-state index contributed by atoms with van der Waals surface area (Å²) in [5, 5.41) is 7.01. The minimum absolute atomic E-state index is 0.00446. The van der Waals surface area contributed by atoms with Gasteiger partial charge in [0.2, 0.25) is 12.7 Å². The fourth-order valence-electron chi connectivity index (χ4n) is 4.46. The molecule has 2 N–H and O–H groups in total. The van der Waals surface area contributed by atoms with Gasteiger partial charge in [-0.1, -0.05) is 12.5 Å². The Morgan fingerprint density at radius 3 is 2.82 bits per heavy atom. The largest absolute Gasteiger partial charge is 0.454 e. The first-order chi connectivity index (χ1) is 13.6. The van der Waals surface area contributed by atoms with Crippen molar-refractivity contribution in [3.63, 3.8) is 0 Å². The zero-order valence-corrected chi connectivity index (χ0v) is 16.7. The van der Waals surface area contributed by atoms with Crippen LogP contribution in [0.3, 0.4) is 0 Å². The van der Waals surface area contributed by atoms with Crippen LogP contribution in [-0.4, -0.2) is 56.8 Å². The number of rotatable bonds is 6. The van der Waals surface area contributed by atoms with E-state index in [0.717, 1.165) is 42.3 Å². The lowest BCUT2D eigenvalue weighted by molar-refractivity contribution is -0.127. The molecule has 1 aromatic carbocycles. The summed E-state index contributed by atoms with van der Waals surface area (Å²) in [7, 11) is 3.52. The summed E-state index contributed by atoms with van der Waals surface area (Å²) in [6.07, 6.45) is 6.07. The summed E-state index contributed by atoms with van der Waals surface area (Å²) in [5.74, 6) is 3.97. The highest BCUT2D eigenvalue weighted by atomic mass is 16.7. The summed E-state index contributed by atoms with van der Waals surface area (Å²) < 4.78 is 10.8. The van der Waals surface area contributed by atoms with Gasteiger partial charge in [-0.05, 0) is 55.2 Å². The molecule has 3 unspecified atom stereocenters. The number of ether oxygens (including phenoxy) is 2. The molecule has 3 aliphatic rings. The van der Waals surface area contributed by atoms with Gasteiger partial charge in [-0.3, -0.25) is 4.79 Å². The Bertz CT molecular complexity index is 749. The summed E-state index contributed by atoms with van der Waals surface area (Å²) >= 11 is 0. The Kier molecular flexibility index (Phi) is 5.59. The number of guanidine groups is 1. The number of fused-ring (bicyclic) bond motifs is 3. The SMILES string of the molecule is CN(C)C(=O)CN=C(NCCc1ccc2c(c1)OCO2)NC1CC2CCC1C2. The highest BCUT2D eigenvalue weighted by Crippen LogP contribution is 2.44. The first kappa shape index (κ1) is 18.9. The average Bonchev–Trinajstić information content (AvgIpc) is 3.41. The van der Waals surface area contributed by atoms with Crippen LogP contribution in [0.2, 0.25) is 0 Å². The maximum atomic E-state index is 12.0. The van der Waals surface area contributed by atoms with E-state index in [4.69, 9.17) is 9.47 Å². The van der Waals surface area contributed by atoms with Crippen molar-refractivity contribution in [2.24, 2.45) is 16.8 Å². The van der Waals surface area contributed by atoms with Gasteiger partial charge >= 0.3 is 0 Å². The van der Waals surface area contributed by atoms with Gasteiger partial charge in [0, 0.05) is 26.7 Å². The summed E-state index contributed by atoms with van der Waals surface area (Å²) in [6, 6.07) is 6.52. The molecular weight excluding hydrogens is 356 g/mol. The van der Waals surface area contributed by atoms with Crippen molar-refractivity contribution in [1.82, 2.24) is 15.5 Å². The number of nitrogens with zero attached hydrogens (tertiary/aromatic N) is 2. The number of hydrogen-bond acceptors (Lipinski definition) is 4. The van der Waals surface area contributed by atoms with Crippen LogP contribution in [0.4, 0.5) is 0 Å². The van der Waals surface area contributed by atoms with Gasteiger partial charge < -0.3 is 25.0 Å². The molecule has 1 amide bonds. The van der Waals surface area contributed by atoms with Gasteiger partial charge in [-0.2, -0.15) is 0 Å². The van der Waals surface area contributed by atoms with E-state index in [9.17, 15) is 4.79 Å². The quantitative estimate of drug-likeness (QED) is 0.576. The molecule has 1 aromatic rings. The minimum atomic E-state index is 0.00446. The van der Waals surface area contributed by atoms with Crippen LogP contribution in [-0.2, 0) is 11.2 Å². The second-order valence-corrected chi connectivity index (χ2v) is 8.24. The van der Waals surface area contributed by atoms with Crippen LogP contribution in [0.15, 0.2) is 23.2 Å². The van der Waals surface area contributed by atoms with Crippen molar-refractivity contribution < 1.29 is 14.3 Å². The maximum absolute atomic E-state index is 12.0. The molecule has 3 atom stereocenters. The van der Waals surface area contributed by atoms with Crippen molar-refractivity contribution in [1.29, 1.82) is 0 Å². The third kappa shape index (κ3) is 4.34. The lowest BCUT2D eigenvalue weighted by Gasteiger charge is -2.25. The minimum Gasteiger partial charge on any atom is -0.454 e. The number of aliphatic imine (C=N–C) groups is 1. The van der Waals surface area contributed by atoms with Gasteiger partial charge in [0.1, 0.15) is 6.54 Å². The predicted octanol–water partition coefficient (Wildman–Crippen LogP) is 1.77. The van der Waals surface area contributed by atoms with E-state index in [-0.39, 0.29) is 12.5 Å². The maximum Gasteiger partial charge on any atom is 0.243 e. The van der Waals surface area contributed by atoms with Crippen LogP contribution in [0, 0.1) is 11.8 Å². The van der Waals surface area contributed by atoms with Gasteiger partial charge in [0.25, 0.3) is 0 Å². The molecule has 1 aliphatic heterocycles. The first-order valence-corrected chi connectivity index (χ1v) is 10.2. The lowest BCUT2D eigenvalue weighted by Crippen LogP contribution is -2.46. The zero-order valence-electron chi connectivity index (χ0n) is 16.7. The second-order valence-electron chi connectivity index (χ2n) is 8.24. The molecule has 1 heterocycles. The molecule has 0 saturated heterocycles. The van der Waals surface area contributed by atoms with Crippen molar-refractivity contribution in [3.8, 4) is 11.5 Å². The smallest absolute Gasteiger partial charge is 0.243 e. The lowest BCUT2D eigenvalue weighted by atomic mass is 9.95. The van der Waals surface area contributed by atoms with E-state index in [1.165, 1.54) is 31.2 Å². The molecule has 2 bridgehead atoms. The van der Waals surface area contributed by atoms with Crippen LogP contribution >= 0.6 is 0 Å². The number of amides is 1. The molecule has 7 nitrogen and oxygen atoms in total. The number of nitrogens with one attached hydrogen (secondary N) is 2. The number of benzene rings is 1. The van der Waals surface area contributed by atoms with E-state index in [1.807, 2.05) is 12.1 Å². The molecule has 0 radical (unpaired) electrons. The van der Waals surface area contributed by atoms with Crippen LogP contribution in [0.25, 0.3) is 0 Å². The zero-order chi connectivity index (χ0) is 19.5. The second kappa shape index (κ2) is 8.29. The van der Waals surface area contributed by atoms with Crippen LogP contribution < -0.4 is 20.1 Å². The number of carbonyl (C=O) groups is 1. The highest BCUT2D eigenvalue weighted by Gasteiger charge is 2.39. The topological polar surface area (TPSA) is 75.2 Å². The number of likely N-dealkylation sites (N-methyl/N-ethyl adjacent to an activating group) is 1. The van der Waals surface area contributed by atoms with E-state index in [1.54, 1.807) is 19.0 Å². The Hall–Kier alpha value is -2.44. The molecule has 2 fully saturated rings. The molecule has 7 heteroatoms. The summed E-state index contributed by atoms with van der Waals surface area (Å²) in [6.45, 7) is 1.19. The Labute approximate surface area is 166 Å². The molecule has 2 saturated carbocycles. The molecule has 152 valence electrons. The summed E-state index contributed by atoms with van der Waals surface area (Å²) in [5.41, 5.74) is 1.18. The monoisotopic (exact) mass is 386 g/mol. The third-order valence-corrected chi connectivity index (χ3v) is 6.07. The third-order valence-electron chi connectivity index (χ3n) is 6.07. The first-order valence-electron chi connectivity index (χ1n) is 10.2. The van der Waals surface area contributed by atoms with E-state index < -0.39 is 0 Å². The van der Waals surface area contributed by atoms with Crippen molar-refractivity contribution in [2.45, 2.75) is 38.1 Å². The fraction of sp³-hybridized carbons (Fsp3) is 0.619. The Balaban J connectivity index is 1.34. The predicted molar refractivity (Wildman–Crippen MR) is 108 cm³/mol. The standard InChI is InChI=1S/C21H30N4O3/c1-25(2)20(26)12-23-21(24-17-10-15-3-5-16(17)9-15)22-8-7-14-4-6-18-19(11-14)28-13-27-18/h4,6,11,15-17H,3,5,7-10,12-13H2,1-2H3,(H2,22,23,24). The van der Waals surface area contributed by atoms with Crippen LogP contribution in [0.5, 0.6) is 11.5 Å². The van der Waals surface area contributed by atoms with E-state index in [0.29, 0.717) is 12.8 Å². The fourth-order valence-corrected chi connectivity index (χ4v) is 4.46. The van der Waals surface area contributed by atoms with Gasteiger partial charge in [0.05, 0.1) is 0 Å². The molecule has 28 heavy (non-hydrogen) atoms. The Morgan fingerprint density at radius 2 is 2.07 bits per heavy atom. The summed E-state index contributed by atoms with van der Waals surface area (Å²) in [4.78, 5) is 18.1. The Morgan fingerprint density at radius 1 is 1.21 bits per heavy atom. The number of carbonyl (C=O) groups excluding carboxylic acids is 1. The van der Waals surface area contributed by atoms with Gasteiger partial charge in [0.15, 0.2) is 17.5 Å². The van der Waals surface area contributed by atoms with E-state index in [2.05, 4.69) is 21.7 Å². The molecule has 0 aromatic heterocycles. The highest BCUT2D eigenvalue weighted by molar-refractivity contribution is 5.85. The van der Waals surface area contributed by atoms with Crippen molar-refractivity contribution in [3.05, 3.63) is 23.8 Å². The molecule has 4 rings (SSSR count). The molecule has 0 spiro atoms. The van der Waals surface area contributed by atoms with E-state index >= 15 is 0 Å². The van der Waals surface area contributed by atoms with Crippen LogP contribution in [0.1, 0.15) is 31.2 Å². The van der Waals surface area contributed by atoms with Crippen molar-refractivity contribution in [2.75, 3.05) is 34.0 Å². The van der Waals surface area contributed by atoms with Gasteiger partial charge in [-0.25, -0.2) is 4.99 Å². The van der Waals surface area contributed by atoms with Crippen molar-refractivity contribution >= 4 is 11.9 Å². The average molecular weight is 386 g/mol. The normalized spacial score (nSPS) is 25.1. The molecular formula is C21H30N4O3. The van der Waals surface area contributed by atoms with Gasteiger partial charge in [-0.15, -0.1) is 0 Å². The number of hydrogen-bond donors (Lipinski definition) is 2. The molecule has 2 aliphatic carbocycles.